The van der Waals surface area contributed by atoms with Gasteiger partial charge in [-0.05, 0) is 57.2 Å². The van der Waals surface area contributed by atoms with E-state index in [4.69, 9.17) is 4.74 Å². The van der Waals surface area contributed by atoms with Crippen molar-refractivity contribution >= 4 is 43.2 Å². The molecule has 3 aromatic rings. The van der Waals surface area contributed by atoms with E-state index in [0.29, 0.717) is 16.9 Å². The van der Waals surface area contributed by atoms with Crippen molar-refractivity contribution < 1.29 is 17.9 Å². The molecule has 0 saturated carbocycles. The summed E-state index contributed by atoms with van der Waals surface area (Å²) in [5.74, 6) is -0.145. The summed E-state index contributed by atoms with van der Waals surface area (Å²) in [5.41, 5.74) is 1.21. The summed E-state index contributed by atoms with van der Waals surface area (Å²) in [5, 5.41) is 2.64. The summed E-state index contributed by atoms with van der Waals surface area (Å²) in [7, 11) is -2.55. The maximum absolute atomic E-state index is 12.9. The van der Waals surface area contributed by atoms with E-state index >= 15 is 0 Å². The Morgan fingerprint density at radius 3 is 2.57 bits per heavy atom. The molecule has 0 aliphatic heterocycles. The van der Waals surface area contributed by atoms with E-state index in [0.717, 1.165) is 16.9 Å². The van der Waals surface area contributed by atoms with Crippen LogP contribution in [0.2, 0.25) is 0 Å². The van der Waals surface area contributed by atoms with Crippen molar-refractivity contribution in [3.63, 3.8) is 0 Å². The molecule has 2 N–H and O–H groups in total. The second-order valence-electron chi connectivity index (χ2n) is 6.84. The number of rotatable bonds is 7. The first-order valence-corrected chi connectivity index (χ1v) is 11.6. The summed E-state index contributed by atoms with van der Waals surface area (Å²) in [6.45, 7) is 6.00. The fourth-order valence-electron chi connectivity index (χ4n) is 3.09. The Balaban J connectivity index is 1.97. The SMILES string of the molecule is CCNC(=O)c1cc(S(=O)(=O)Nc2ccc3c(c2)sc(=O)n3C(C)C)ccc1OC. The van der Waals surface area contributed by atoms with Crippen molar-refractivity contribution in [2.45, 2.75) is 31.7 Å². The number of ether oxygens (including phenoxy) is 1. The van der Waals surface area contributed by atoms with Gasteiger partial charge < -0.3 is 10.1 Å². The normalized spacial score (nSPS) is 11.6. The third-order valence-corrected chi connectivity index (χ3v) is 6.74. The van der Waals surface area contributed by atoms with Crippen LogP contribution in [-0.4, -0.2) is 32.5 Å². The van der Waals surface area contributed by atoms with E-state index in [1.807, 2.05) is 13.8 Å². The number of hydrogen-bond donors (Lipinski definition) is 2. The smallest absolute Gasteiger partial charge is 0.308 e. The molecule has 0 fully saturated rings. The molecule has 1 amide bonds. The van der Waals surface area contributed by atoms with Gasteiger partial charge in [-0.3, -0.25) is 18.9 Å². The number of carbonyl (C=O) groups is 1. The molecule has 3 rings (SSSR count). The number of nitrogens with zero attached hydrogens (tertiary/aromatic N) is 1. The highest BCUT2D eigenvalue weighted by Crippen LogP contribution is 2.27. The number of carbonyl (C=O) groups excluding carboxylic acids is 1. The van der Waals surface area contributed by atoms with Crippen molar-refractivity contribution in [3.05, 3.63) is 51.6 Å². The molecule has 0 aliphatic carbocycles. The number of aromatic nitrogens is 1. The van der Waals surface area contributed by atoms with Gasteiger partial charge in [-0.25, -0.2) is 8.42 Å². The molecule has 0 atom stereocenters. The van der Waals surface area contributed by atoms with Crippen molar-refractivity contribution in [3.8, 4) is 5.75 Å². The van der Waals surface area contributed by atoms with Crippen LogP contribution in [0.15, 0.2) is 46.1 Å². The molecule has 1 heterocycles. The molecular formula is C20H23N3O5S2. The van der Waals surface area contributed by atoms with Gasteiger partial charge in [0.15, 0.2) is 0 Å². The lowest BCUT2D eigenvalue weighted by molar-refractivity contribution is 0.0952. The average molecular weight is 450 g/mol. The molecule has 0 bridgehead atoms. The summed E-state index contributed by atoms with van der Waals surface area (Å²) in [4.78, 5) is 24.3. The highest BCUT2D eigenvalue weighted by molar-refractivity contribution is 7.92. The zero-order valence-electron chi connectivity index (χ0n) is 17.1. The topological polar surface area (TPSA) is 107 Å². The molecule has 0 unspecified atom stereocenters. The molecular weight excluding hydrogens is 426 g/mol. The Bertz CT molecular complexity index is 1260. The summed E-state index contributed by atoms with van der Waals surface area (Å²) in [6, 6.07) is 9.05. The Morgan fingerprint density at radius 1 is 1.20 bits per heavy atom. The molecule has 0 spiro atoms. The third-order valence-electron chi connectivity index (χ3n) is 4.45. The van der Waals surface area contributed by atoms with E-state index in [2.05, 4.69) is 10.0 Å². The summed E-state index contributed by atoms with van der Waals surface area (Å²) >= 11 is 1.06. The number of benzene rings is 2. The van der Waals surface area contributed by atoms with E-state index in [-0.39, 0.29) is 27.1 Å². The summed E-state index contributed by atoms with van der Waals surface area (Å²) < 4.78 is 35.8. The fourth-order valence-corrected chi connectivity index (χ4v) is 5.22. The number of amides is 1. The first-order valence-electron chi connectivity index (χ1n) is 9.32. The van der Waals surface area contributed by atoms with Gasteiger partial charge in [-0.15, -0.1) is 0 Å². The van der Waals surface area contributed by atoms with Crippen LogP contribution in [0.3, 0.4) is 0 Å². The lowest BCUT2D eigenvalue weighted by Gasteiger charge is -2.13. The lowest BCUT2D eigenvalue weighted by Crippen LogP contribution is -2.24. The number of nitrogens with one attached hydrogen (secondary N) is 2. The second kappa shape index (κ2) is 8.49. The Hall–Kier alpha value is -2.85. The van der Waals surface area contributed by atoms with Crippen LogP contribution in [0, 0.1) is 0 Å². The van der Waals surface area contributed by atoms with E-state index in [1.54, 1.807) is 29.7 Å². The molecule has 2 aromatic carbocycles. The van der Waals surface area contributed by atoms with E-state index in [1.165, 1.54) is 25.3 Å². The minimum absolute atomic E-state index is 0.000721. The second-order valence-corrected chi connectivity index (χ2v) is 9.52. The lowest BCUT2D eigenvalue weighted by atomic mass is 10.2. The van der Waals surface area contributed by atoms with Crippen LogP contribution in [0.4, 0.5) is 5.69 Å². The largest absolute Gasteiger partial charge is 0.496 e. The molecule has 10 heteroatoms. The molecule has 0 saturated heterocycles. The van der Waals surface area contributed by atoms with Gasteiger partial charge in [-0.1, -0.05) is 11.3 Å². The molecule has 8 nitrogen and oxygen atoms in total. The van der Waals surface area contributed by atoms with Crippen LogP contribution in [0.25, 0.3) is 10.2 Å². The Labute approximate surface area is 178 Å². The van der Waals surface area contributed by atoms with Crippen LogP contribution in [0.1, 0.15) is 37.2 Å². The Morgan fingerprint density at radius 2 is 1.93 bits per heavy atom. The molecule has 0 radical (unpaired) electrons. The molecule has 0 aliphatic rings. The predicted molar refractivity (Wildman–Crippen MR) is 118 cm³/mol. The van der Waals surface area contributed by atoms with Crippen molar-refractivity contribution in [1.82, 2.24) is 9.88 Å². The van der Waals surface area contributed by atoms with Crippen molar-refractivity contribution in [2.24, 2.45) is 0 Å². The highest BCUT2D eigenvalue weighted by Gasteiger charge is 2.20. The summed E-state index contributed by atoms with van der Waals surface area (Å²) in [6.07, 6.45) is 0. The number of anilines is 1. The number of sulfonamides is 1. The molecule has 160 valence electrons. The van der Waals surface area contributed by atoms with E-state index < -0.39 is 15.9 Å². The number of fused-ring (bicyclic) bond motifs is 1. The zero-order chi connectivity index (χ0) is 22.1. The Kier molecular flexibility index (Phi) is 6.18. The number of hydrogen-bond acceptors (Lipinski definition) is 6. The van der Waals surface area contributed by atoms with Crippen molar-refractivity contribution in [2.75, 3.05) is 18.4 Å². The van der Waals surface area contributed by atoms with Gasteiger partial charge in [0.05, 0.1) is 33.5 Å². The zero-order valence-corrected chi connectivity index (χ0v) is 18.7. The molecule has 30 heavy (non-hydrogen) atoms. The maximum atomic E-state index is 12.9. The fraction of sp³-hybridized carbons (Fsp3) is 0.300. The third kappa shape index (κ3) is 4.19. The van der Waals surface area contributed by atoms with Gasteiger partial charge in [0.2, 0.25) is 0 Å². The van der Waals surface area contributed by atoms with Gasteiger partial charge in [-0.2, -0.15) is 0 Å². The van der Waals surface area contributed by atoms with Crippen LogP contribution >= 0.6 is 11.3 Å². The average Bonchev–Trinajstić information content (AvgIpc) is 3.02. The monoisotopic (exact) mass is 449 g/mol. The maximum Gasteiger partial charge on any atom is 0.308 e. The van der Waals surface area contributed by atoms with Crippen LogP contribution in [0.5, 0.6) is 5.75 Å². The molecule has 1 aromatic heterocycles. The van der Waals surface area contributed by atoms with Crippen LogP contribution in [-0.2, 0) is 10.0 Å². The quantitative estimate of drug-likeness (QED) is 0.576. The van der Waals surface area contributed by atoms with Gasteiger partial charge in [0.1, 0.15) is 5.75 Å². The predicted octanol–water partition coefficient (Wildman–Crippen LogP) is 3.20. The van der Waals surface area contributed by atoms with E-state index in [9.17, 15) is 18.0 Å². The van der Waals surface area contributed by atoms with Gasteiger partial charge in [0.25, 0.3) is 15.9 Å². The van der Waals surface area contributed by atoms with Gasteiger partial charge in [0, 0.05) is 12.6 Å². The minimum atomic E-state index is -3.96. The van der Waals surface area contributed by atoms with Crippen molar-refractivity contribution in [1.29, 1.82) is 0 Å². The first kappa shape index (κ1) is 21.8. The minimum Gasteiger partial charge on any atom is -0.496 e. The van der Waals surface area contributed by atoms with Gasteiger partial charge >= 0.3 is 4.87 Å². The standard InChI is InChI=1S/C20H23N3O5S2/c1-5-21-19(24)15-11-14(7-9-17(15)28-4)30(26,27)22-13-6-8-16-18(10-13)29-20(25)23(16)12(2)3/h6-12,22H,5H2,1-4H3,(H,21,24). The first-order chi connectivity index (χ1) is 14.2. The number of thiazole rings is 1. The number of methoxy groups -OCH3 is 1. The van der Waals surface area contributed by atoms with Crippen LogP contribution < -0.4 is 19.6 Å². The highest BCUT2D eigenvalue weighted by atomic mass is 32.2.